The van der Waals surface area contributed by atoms with E-state index in [2.05, 4.69) is 22.5 Å². The molecule has 1 aromatic carbocycles. The highest BCUT2D eigenvalue weighted by molar-refractivity contribution is 5.95. The lowest BCUT2D eigenvalue weighted by Crippen LogP contribution is -2.26. The molecule has 2 heterocycles. The normalized spacial score (nSPS) is 26.9. The molecule has 5 nitrogen and oxygen atoms in total. The van der Waals surface area contributed by atoms with Crippen LogP contribution >= 0.6 is 0 Å². The second-order valence-corrected chi connectivity index (χ2v) is 7.20. The summed E-state index contributed by atoms with van der Waals surface area (Å²) in [4.78, 5) is 29.8. The number of allylic oxidation sites excluding steroid dienone is 2. The highest BCUT2D eigenvalue weighted by Gasteiger charge is 2.39. The molecular weight excluding hydrogens is 302 g/mol. The van der Waals surface area contributed by atoms with Gasteiger partial charge in [-0.05, 0) is 49.3 Å². The Morgan fingerprint density at radius 1 is 1.25 bits per heavy atom. The number of hydrogen-bond acceptors (Lipinski definition) is 3. The minimum absolute atomic E-state index is 0.00598. The van der Waals surface area contributed by atoms with E-state index in [-0.39, 0.29) is 17.4 Å². The second kappa shape index (κ2) is 5.03. The van der Waals surface area contributed by atoms with Crippen LogP contribution in [0.5, 0.6) is 0 Å². The first-order valence-electron chi connectivity index (χ1n) is 8.72. The number of benzene rings is 1. The van der Waals surface area contributed by atoms with Crippen LogP contribution in [0.2, 0.25) is 0 Å². The highest BCUT2D eigenvalue weighted by Crippen LogP contribution is 2.43. The van der Waals surface area contributed by atoms with Crippen molar-refractivity contribution in [3.8, 4) is 0 Å². The molecule has 1 aromatic heterocycles. The van der Waals surface area contributed by atoms with Crippen molar-refractivity contribution in [3.05, 3.63) is 46.5 Å². The molecule has 2 aromatic rings. The van der Waals surface area contributed by atoms with Crippen molar-refractivity contribution in [2.75, 3.05) is 5.32 Å². The zero-order chi connectivity index (χ0) is 16.3. The van der Waals surface area contributed by atoms with Crippen LogP contribution in [0, 0.1) is 17.8 Å². The maximum atomic E-state index is 12.6. The van der Waals surface area contributed by atoms with Crippen LogP contribution in [-0.2, 0) is 17.8 Å². The van der Waals surface area contributed by atoms with E-state index in [1.54, 1.807) is 10.6 Å². The Balaban J connectivity index is 1.46. The molecular formula is C19H19N3O2. The molecule has 2 aliphatic carbocycles. The average molecular weight is 321 g/mol. The molecule has 3 aliphatic rings. The maximum absolute atomic E-state index is 12.6. The van der Waals surface area contributed by atoms with E-state index in [9.17, 15) is 9.59 Å². The van der Waals surface area contributed by atoms with Gasteiger partial charge in [-0.25, -0.2) is 4.98 Å². The number of nitrogens with zero attached hydrogens (tertiary/aromatic N) is 2. The van der Waals surface area contributed by atoms with Crippen molar-refractivity contribution in [3.63, 3.8) is 0 Å². The molecule has 5 rings (SSSR count). The zero-order valence-corrected chi connectivity index (χ0v) is 13.4. The van der Waals surface area contributed by atoms with Crippen LogP contribution in [0.15, 0.2) is 35.1 Å². The number of nitrogens with one attached hydrogen (secondary N) is 1. The zero-order valence-electron chi connectivity index (χ0n) is 13.4. The summed E-state index contributed by atoms with van der Waals surface area (Å²) in [6.45, 7) is 0.741. The van der Waals surface area contributed by atoms with Gasteiger partial charge in [0, 0.05) is 24.6 Å². The summed E-state index contributed by atoms with van der Waals surface area (Å²) in [5.41, 5.74) is 1.41. The van der Waals surface area contributed by atoms with Gasteiger partial charge in [-0.3, -0.25) is 14.2 Å². The van der Waals surface area contributed by atoms with Crippen molar-refractivity contribution >= 4 is 22.5 Å². The third kappa shape index (κ3) is 2.04. The summed E-state index contributed by atoms with van der Waals surface area (Å²) >= 11 is 0. The first-order chi connectivity index (χ1) is 11.7. The number of rotatable bonds is 2. The molecule has 0 spiro atoms. The van der Waals surface area contributed by atoms with Crippen LogP contribution in [0.3, 0.4) is 0 Å². The standard InChI is InChI=1S/C19H19N3O2/c23-18(14-9-11-3-4-12(14)8-11)20-13-5-6-16-15(10-13)19(24)22-7-1-2-17(22)21-16/h3-6,10-12,14H,1-2,7-9H2,(H,20,23)/t11-,12-,14+/m0/s1. The summed E-state index contributed by atoms with van der Waals surface area (Å²) < 4.78 is 1.76. The van der Waals surface area contributed by atoms with E-state index in [1.165, 1.54) is 0 Å². The molecule has 5 heteroatoms. The Bertz CT molecular complexity index is 944. The van der Waals surface area contributed by atoms with Crippen LogP contribution in [0.4, 0.5) is 5.69 Å². The van der Waals surface area contributed by atoms with Crippen LogP contribution < -0.4 is 10.9 Å². The van der Waals surface area contributed by atoms with Gasteiger partial charge in [-0.2, -0.15) is 0 Å². The fraction of sp³-hybridized carbons (Fsp3) is 0.421. The number of hydrogen-bond donors (Lipinski definition) is 1. The minimum Gasteiger partial charge on any atom is -0.326 e. The molecule has 2 bridgehead atoms. The van der Waals surface area contributed by atoms with Gasteiger partial charge >= 0.3 is 0 Å². The molecule has 0 saturated heterocycles. The first-order valence-corrected chi connectivity index (χ1v) is 8.72. The highest BCUT2D eigenvalue weighted by atomic mass is 16.2. The second-order valence-electron chi connectivity index (χ2n) is 7.20. The molecule has 1 amide bonds. The summed E-state index contributed by atoms with van der Waals surface area (Å²) in [5.74, 6) is 1.96. The quantitative estimate of drug-likeness (QED) is 0.864. The smallest absolute Gasteiger partial charge is 0.261 e. The third-order valence-electron chi connectivity index (χ3n) is 5.70. The molecule has 0 unspecified atom stereocenters. The van der Waals surface area contributed by atoms with E-state index in [4.69, 9.17) is 0 Å². The molecule has 1 fully saturated rings. The Labute approximate surface area is 139 Å². The van der Waals surface area contributed by atoms with E-state index < -0.39 is 0 Å². The predicted molar refractivity (Wildman–Crippen MR) is 91.8 cm³/mol. The van der Waals surface area contributed by atoms with Gasteiger partial charge < -0.3 is 5.32 Å². The molecule has 0 radical (unpaired) electrons. The van der Waals surface area contributed by atoms with Gasteiger partial charge in [0.1, 0.15) is 5.82 Å². The maximum Gasteiger partial charge on any atom is 0.261 e. The first kappa shape index (κ1) is 14.0. The Hall–Kier alpha value is -2.43. The Morgan fingerprint density at radius 3 is 2.96 bits per heavy atom. The fourth-order valence-electron chi connectivity index (χ4n) is 4.48. The van der Waals surface area contributed by atoms with Crippen molar-refractivity contribution in [1.82, 2.24) is 9.55 Å². The molecule has 1 aliphatic heterocycles. The van der Waals surface area contributed by atoms with Gasteiger partial charge in [-0.1, -0.05) is 12.2 Å². The van der Waals surface area contributed by atoms with Gasteiger partial charge in [0.2, 0.25) is 5.91 Å². The number of carbonyl (C=O) groups is 1. The minimum atomic E-state index is 0.00598. The summed E-state index contributed by atoms with van der Waals surface area (Å²) in [6.07, 6.45) is 8.29. The predicted octanol–water partition coefficient (Wildman–Crippen LogP) is 2.49. The number of aryl methyl sites for hydroxylation is 1. The number of carbonyl (C=O) groups excluding carboxylic acids is 1. The fourth-order valence-corrected chi connectivity index (χ4v) is 4.48. The van der Waals surface area contributed by atoms with E-state index in [0.29, 0.717) is 28.4 Å². The van der Waals surface area contributed by atoms with Crippen molar-refractivity contribution < 1.29 is 4.79 Å². The largest absolute Gasteiger partial charge is 0.326 e. The molecule has 122 valence electrons. The average Bonchev–Trinajstić information content (AvgIpc) is 3.31. The summed E-state index contributed by atoms with van der Waals surface area (Å²) in [7, 11) is 0. The van der Waals surface area contributed by atoms with Gasteiger partial charge in [0.25, 0.3) is 5.56 Å². The Morgan fingerprint density at radius 2 is 2.17 bits per heavy atom. The lowest BCUT2D eigenvalue weighted by atomic mass is 9.93. The van der Waals surface area contributed by atoms with Crippen LogP contribution in [0.1, 0.15) is 25.1 Å². The van der Waals surface area contributed by atoms with Crippen molar-refractivity contribution in [2.45, 2.75) is 32.2 Å². The van der Waals surface area contributed by atoms with Gasteiger partial charge in [0.15, 0.2) is 0 Å². The summed E-state index contributed by atoms with van der Waals surface area (Å²) in [5, 5.41) is 3.60. The van der Waals surface area contributed by atoms with Crippen LogP contribution in [-0.4, -0.2) is 15.5 Å². The number of anilines is 1. The monoisotopic (exact) mass is 321 g/mol. The number of amides is 1. The molecule has 1 saturated carbocycles. The van der Waals surface area contributed by atoms with Gasteiger partial charge in [0.05, 0.1) is 10.9 Å². The topological polar surface area (TPSA) is 64.0 Å². The summed E-state index contributed by atoms with van der Waals surface area (Å²) in [6, 6.07) is 5.46. The Kier molecular flexibility index (Phi) is 2.93. The van der Waals surface area contributed by atoms with Crippen molar-refractivity contribution in [1.29, 1.82) is 0 Å². The SMILES string of the molecule is O=C(Nc1ccc2nc3n(c(=O)c2c1)CCC3)[C@@H]1C[C@H]2C=C[C@H]1C2. The lowest BCUT2D eigenvalue weighted by Gasteiger charge is -2.17. The van der Waals surface area contributed by atoms with Crippen LogP contribution in [0.25, 0.3) is 10.9 Å². The molecule has 24 heavy (non-hydrogen) atoms. The number of aromatic nitrogens is 2. The van der Waals surface area contributed by atoms with E-state index >= 15 is 0 Å². The lowest BCUT2D eigenvalue weighted by molar-refractivity contribution is -0.120. The van der Waals surface area contributed by atoms with E-state index in [0.717, 1.165) is 38.1 Å². The van der Waals surface area contributed by atoms with Crippen molar-refractivity contribution in [2.24, 2.45) is 17.8 Å². The molecule has 3 atom stereocenters. The molecule has 1 N–H and O–H groups in total. The number of fused-ring (bicyclic) bond motifs is 4. The van der Waals surface area contributed by atoms with E-state index in [1.807, 2.05) is 12.1 Å². The third-order valence-corrected chi connectivity index (χ3v) is 5.70. The van der Waals surface area contributed by atoms with Gasteiger partial charge in [-0.15, -0.1) is 0 Å².